The summed E-state index contributed by atoms with van der Waals surface area (Å²) in [6, 6.07) is 4.65. The van der Waals surface area contributed by atoms with Crippen LogP contribution in [0.15, 0.2) is 22.7 Å². The number of alkyl halides is 3. The van der Waals surface area contributed by atoms with E-state index in [9.17, 15) is 18.0 Å². The molecule has 0 spiro atoms. The van der Waals surface area contributed by atoms with Gasteiger partial charge in [0.2, 0.25) is 0 Å². The van der Waals surface area contributed by atoms with Crippen molar-refractivity contribution in [2.24, 2.45) is 0 Å². The van der Waals surface area contributed by atoms with Gasteiger partial charge in [0, 0.05) is 10.5 Å². The molecule has 1 rings (SSSR count). The van der Waals surface area contributed by atoms with Crippen molar-refractivity contribution in [3.8, 4) is 5.75 Å². The van der Waals surface area contributed by atoms with Crippen LogP contribution in [0.1, 0.15) is 0 Å². The first-order valence-corrected chi connectivity index (χ1v) is 5.45. The van der Waals surface area contributed by atoms with Crippen LogP contribution < -0.4 is 10.1 Å². The van der Waals surface area contributed by atoms with Crippen LogP contribution in [0.2, 0.25) is 0 Å². The predicted molar refractivity (Wildman–Crippen MR) is 61.7 cm³/mol. The Kier molecular flexibility index (Phi) is 4.83. The van der Waals surface area contributed by atoms with Gasteiger partial charge in [0.1, 0.15) is 5.75 Å². The number of rotatable bonds is 3. The molecule has 0 bridgehead atoms. The zero-order valence-electron chi connectivity index (χ0n) is 9.18. The van der Waals surface area contributed by atoms with Gasteiger partial charge >= 0.3 is 12.3 Å². The number of hydrogen-bond donors (Lipinski definition) is 1. The molecule has 100 valence electrons. The van der Waals surface area contributed by atoms with Crippen LogP contribution >= 0.6 is 15.9 Å². The Bertz CT molecular complexity index is 437. The number of carbonyl (C=O) groups excluding carboxylic acids is 1. The second kappa shape index (κ2) is 5.94. The predicted octanol–water partition coefficient (Wildman–Crippen LogP) is 3.57. The maximum Gasteiger partial charge on any atom is 0.422 e. The third-order valence-corrected chi connectivity index (χ3v) is 2.47. The van der Waals surface area contributed by atoms with E-state index >= 15 is 0 Å². The van der Waals surface area contributed by atoms with E-state index < -0.39 is 18.9 Å². The molecule has 0 aliphatic heterocycles. The van der Waals surface area contributed by atoms with Gasteiger partial charge in [-0.25, -0.2) is 4.79 Å². The SMILES string of the molecule is COc1ccc(Br)c(NC(=O)OCC(F)(F)F)c1. The summed E-state index contributed by atoms with van der Waals surface area (Å²) in [7, 11) is 1.43. The van der Waals surface area contributed by atoms with Crippen LogP contribution in [0.25, 0.3) is 0 Å². The van der Waals surface area contributed by atoms with E-state index in [1.54, 1.807) is 12.1 Å². The summed E-state index contributed by atoms with van der Waals surface area (Å²) in [5.74, 6) is 0.448. The summed E-state index contributed by atoms with van der Waals surface area (Å²) in [5, 5.41) is 2.17. The summed E-state index contributed by atoms with van der Waals surface area (Å²) in [4.78, 5) is 11.1. The van der Waals surface area contributed by atoms with Crippen molar-refractivity contribution in [1.82, 2.24) is 0 Å². The molecule has 0 aromatic heterocycles. The molecular formula is C10H9BrF3NO3. The lowest BCUT2D eigenvalue weighted by atomic mass is 10.3. The molecule has 8 heteroatoms. The van der Waals surface area contributed by atoms with E-state index in [0.717, 1.165) is 0 Å². The minimum atomic E-state index is -4.55. The Balaban J connectivity index is 2.64. The monoisotopic (exact) mass is 327 g/mol. The van der Waals surface area contributed by atoms with Crippen LogP contribution in [0, 0.1) is 0 Å². The van der Waals surface area contributed by atoms with Gasteiger partial charge in [0.05, 0.1) is 12.8 Å². The molecule has 0 aliphatic carbocycles. The van der Waals surface area contributed by atoms with Crippen molar-refractivity contribution in [2.45, 2.75) is 6.18 Å². The molecule has 0 unspecified atom stereocenters. The van der Waals surface area contributed by atoms with Gasteiger partial charge in [0.25, 0.3) is 0 Å². The normalized spacial score (nSPS) is 10.9. The van der Waals surface area contributed by atoms with E-state index in [2.05, 4.69) is 26.0 Å². The molecule has 0 atom stereocenters. The highest BCUT2D eigenvalue weighted by Gasteiger charge is 2.29. The lowest BCUT2D eigenvalue weighted by Crippen LogP contribution is -2.23. The van der Waals surface area contributed by atoms with Crippen LogP contribution in [0.5, 0.6) is 5.75 Å². The molecule has 4 nitrogen and oxygen atoms in total. The number of anilines is 1. The van der Waals surface area contributed by atoms with Crippen LogP contribution in [0.3, 0.4) is 0 Å². The standard InChI is InChI=1S/C10H9BrF3NO3/c1-17-6-2-3-7(11)8(4-6)15-9(16)18-5-10(12,13)14/h2-4H,5H2,1H3,(H,15,16). The van der Waals surface area contributed by atoms with Crippen molar-refractivity contribution in [2.75, 3.05) is 19.0 Å². The number of halogens is 4. The van der Waals surface area contributed by atoms with Crippen molar-refractivity contribution >= 4 is 27.7 Å². The molecule has 0 fully saturated rings. The number of methoxy groups -OCH3 is 1. The fourth-order valence-electron chi connectivity index (χ4n) is 1.02. The van der Waals surface area contributed by atoms with Gasteiger partial charge in [0.15, 0.2) is 6.61 Å². The number of carbonyl (C=O) groups is 1. The quantitative estimate of drug-likeness (QED) is 0.923. The summed E-state index contributed by atoms with van der Waals surface area (Å²) in [5.41, 5.74) is 0.251. The molecule has 0 heterocycles. The largest absolute Gasteiger partial charge is 0.497 e. The highest BCUT2D eigenvalue weighted by atomic mass is 79.9. The fourth-order valence-corrected chi connectivity index (χ4v) is 1.37. The first-order chi connectivity index (χ1) is 8.31. The van der Waals surface area contributed by atoms with E-state index in [1.807, 2.05) is 0 Å². The summed E-state index contributed by atoms with van der Waals surface area (Å²) in [6.45, 7) is -1.64. The van der Waals surface area contributed by atoms with Crippen LogP contribution in [0.4, 0.5) is 23.7 Å². The number of hydrogen-bond acceptors (Lipinski definition) is 3. The van der Waals surface area contributed by atoms with Crippen LogP contribution in [-0.2, 0) is 4.74 Å². The molecular weight excluding hydrogens is 319 g/mol. The molecule has 0 aliphatic rings. The first-order valence-electron chi connectivity index (χ1n) is 4.66. The van der Waals surface area contributed by atoms with E-state index in [0.29, 0.717) is 10.2 Å². The minimum Gasteiger partial charge on any atom is -0.497 e. The van der Waals surface area contributed by atoms with Gasteiger partial charge in [-0.2, -0.15) is 13.2 Å². The van der Waals surface area contributed by atoms with Gasteiger partial charge in [-0.05, 0) is 28.1 Å². The lowest BCUT2D eigenvalue weighted by molar-refractivity contribution is -0.159. The third kappa shape index (κ3) is 4.82. The Labute approximate surface area is 109 Å². The minimum absolute atomic E-state index is 0.251. The number of benzene rings is 1. The molecule has 0 saturated carbocycles. The number of nitrogens with one attached hydrogen (secondary N) is 1. The lowest BCUT2D eigenvalue weighted by Gasteiger charge is -2.11. The zero-order valence-corrected chi connectivity index (χ0v) is 10.8. The van der Waals surface area contributed by atoms with Crippen molar-refractivity contribution in [3.05, 3.63) is 22.7 Å². The van der Waals surface area contributed by atoms with Gasteiger partial charge in [-0.3, -0.25) is 5.32 Å². The topological polar surface area (TPSA) is 47.6 Å². The smallest absolute Gasteiger partial charge is 0.422 e. The van der Waals surface area contributed by atoms with E-state index in [4.69, 9.17) is 4.74 Å². The highest BCUT2D eigenvalue weighted by molar-refractivity contribution is 9.10. The second-order valence-electron chi connectivity index (χ2n) is 3.16. The Hall–Kier alpha value is -1.44. The third-order valence-electron chi connectivity index (χ3n) is 1.78. The van der Waals surface area contributed by atoms with Crippen molar-refractivity contribution in [1.29, 1.82) is 0 Å². The highest BCUT2D eigenvalue weighted by Crippen LogP contribution is 2.27. The van der Waals surface area contributed by atoms with E-state index in [1.165, 1.54) is 13.2 Å². The average Bonchev–Trinajstić information content (AvgIpc) is 2.28. The molecule has 1 N–H and O–H groups in total. The number of amides is 1. The molecule has 1 aromatic carbocycles. The summed E-state index contributed by atoms with van der Waals surface area (Å²) in [6.07, 6.45) is -5.75. The molecule has 1 amide bonds. The van der Waals surface area contributed by atoms with Gasteiger partial charge < -0.3 is 9.47 Å². The van der Waals surface area contributed by atoms with Gasteiger partial charge in [-0.1, -0.05) is 0 Å². The Morgan fingerprint density at radius 1 is 1.44 bits per heavy atom. The first kappa shape index (κ1) is 14.6. The van der Waals surface area contributed by atoms with Crippen LogP contribution in [-0.4, -0.2) is 26.0 Å². The molecule has 18 heavy (non-hydrogen) atoms. The Morgan fingerprint density at radius 3 is 2.67 bits per heavy atom. The second-order valence-corrected chi connectivity index (χ2v) is 4.02. The van der Waals surface area contributed by atoms with E-state index in [-0.39, 0.29) is 5.69 Å². The summed E-state index contributed by atoms with van der Waals surface area (Å²) < 4.78 is 44.9. The molecule has 0 radical (unpaired) electrons. The maximum atomic E-state index is 11.8. The Morgan fingerprint density at radius 2 is 2.11 bits per heavy atom. The average molecular weight is 328 g/mol. The van der Waals surface area contributed by atoms with Crippen molar-refractivity contribution < 1.29 is 27.4 Å². The number of ether oxygens (including phenoxy) is 2. The molecule has 1 aromatic rings. The molecule has 0 saturated heterocycles. The zero-order chi connectivity index (χ0) is 13.8. The maximum absolute atomic E-state index is 11.8. The fraction of sp³-hybridized carbons (Fsp3) is 0.300. The van der Waals surface area contributed by atoms with Crippen molar-refractivity contribution in [3.63, 3.8) is 0 Å². The summed E-state index contributed by atoms with van der Waals surface area (Å²) >= 11 is 3.13. The van der Waals surface area contributed by atoms with Gasteiger partial charge in [-0.15, -0.1) is 0 Å².